The maximum absolute atomic E-state index is 13.1. The molecule has 0 aromatic carbocycles. The summed E-state index contributed by atoms with van der Waals surface area (Å²) in [4.78, 5) is 72.8. The van der Waals surface area contributed by atoms with Crippen LogP contribution in [-0.2, 0) is 65.4 Å². The molecule has 0 radical (unpaired) electrons. The second-order valence-corrected chi connectivity index (χ2v) is 28.1. The Morgan fingerprint density at radius 2 is 0.580 bits per heavy atom. The third kappa shape index (κ3) is 71.6. The van der Waals surface area contributed by atoms with Crippen molar-refractivity contribution in [1.29, 1.82) is 0 Å². The summed E-state index contributed by atoms with van der Waals surface area (Å²) in [5.74, 6) is -2.36. The number of carbonyl (C=O) groups excluding carboxylic acids is 4. The number of ether oxygens (including phenoxy) is 4. The van der Waals surface area contributed by atoms with Gasteiger partial charge in [0.1, 0.15) is 19.3 Å². The van der Waals surface area contributed by atoms with E-state index in [9.17, 15) is 43.2 Å². The number of aliphatic hydroxyl groups excluding tert-OH is 1. The summed E-state index contributed by atoms with van der Waals surface area (Å²) >= 11 is 0. The molecule has 19 heteroatoms. The monoisotopic (exact) mass is 1440 g/mol. The Hall–Kier alpha value is -4.80. The first-order valence-corrected chi connectivity index (χ1v) is 41.4. The van der Waals surface area contributed by atoms with E-state index in [1.165, 1.54) is 38.5 Å². The minimum absolute atomic E-state index is 0.0561. The van der Waals surface area contributed by atoms with Crippen molar-refractivity contribution in [3.63, 3.8) is 0 Å². The van der Waals surface area contributed by atoms with Crippen LogP contribution < -0.4 is 0 Å². The van der Waals surface area contributed by atoms with Crippen molar-refractivity contribution in [2.75, 3.05) is 39.6 Å². The average Bonchev–Trinajstić information content (AvgIpc) is 0.937. The molecule has 0 bridgehead atoms. The zero-order chi connectivity index (χ0) is 73.2. The van der Waals surface area contributed by atoms with Gasteiger partial charge in [-0.05, 0) is 135 Å². The van der Waals surface area contributed by atoms with Crippen LogP contribution in [0.1, 0.15) is 297 Å². The fourth-order valence-corrected chi connectivity index (χ4v) is 11.4. The summed E-state index contributed by atoms with van der Waals surface area (Å²) in [6, 6.07) is 0. The van der Waals surface area contributed by atoms with Gasteiger partial charge >= 0.3 is 39.5 Å². The minimum atomic E-state index is -5.00. The molecule has 3 N–H and O–H groups in total. The minimum Gasteiger partial charge on any atom is -0.462 e. The Balaban J connectivity index is 5.43. The molecule has 0 fully saturated rings. The first kappa shape index (κ1) is 95.2. The Morgan fingerprint density at radius 3 is 0.940 bits per heavy atom. The van der Waals surface area contributed by atoms with Crippen molar-refractivity contribution in [3.05, 3.63) is 134 Å². The summed E-state index contributed by atoms with van der Waals surface area (Å²) in [7, 11) is -9.99. The van der Waals surface area contributed by atoms with E-state index < -0.39 is 97.5 Å². The Bertz CT molecular complexity index is 2420. The highest BCUT2D eigenvalue weighted by molar-refractivity contribution is 7.47. The van der Waals surface area contributed by atoms with E-state index in [-0.39, 0.29) is 25.7 Å². The predicted molar refractivity (Wildman–Crippen MR) is 408 cm³/mol. The number of aliphatic hydroxyl groups is 1. The van der Waals surface area contributed by atoms with Gasteiger partial charge in [0, 0.05) is 19.3 Å². The number of phosphoric ester groups is 2. The van der Waals surface area contributed by atoms with Crippen LogP contribution in [0.2, 0.25) is 0 Å². The molecule has 0 aromatic heterocycles. The third-order valence-corrected chi connectivity index (χ3v) is 17.5. The number of rotatable bonds is 71. The molecule has 0 rings (SSSR count). The molecule has 0 saturated heterocycles. The van der Waals surface area contributed by atoms with E-state index in [2.05, 4.69) is 137 Å². The summed E-state index contributed by atoms with van der Waals surface area (Å²) < 4.78 is 68.3. The second-order valence-electron chi connectivity index (χ2n) is 25.2. The van der Waals surface area contributed by atoms with Crippen molar-refractivity contribution in [2.45, 2.75) is 316 Å². The van der Waals surface area contributed by atoms with Crippen molar-refractivity contribution in [1.82, 2.24) is 0 Å². The molecule has 0 aliphatic carbocycles. The van der Waals surface area contributed by atoms with Gasteiger partial charge in [-0.1, -0.05) is 271 Å². The lowest BCUT2D eigenvalue weighted by Gasteiger charge is -2.21. The predicted octanol–water partition coefficient (Wildman–Crippen LogP) is 22.1. The fraction of sp³-hybridized carbons (Fsp3) is 0.679. The SMILES string of the molecule is CC/C=C\C/C=C\C/C=C\C/C=C\C/C=C\CC(=O)OCC(COP(=O)(O)OCC(O)COP(=O)(O)OCC(COC(=O)CCCCCCCCC/C=C\C/C=C\C/C=C\CC)OC(=O)CCCCCCC/C=C\CCCCCCCC)OC(=O)CCCCCCC/C=C\C/C=C\CCC. The Morgan fingerprint density at radius 1 is 0.300 bits per heavy atom. The molecule has 0 heterocycles. The first-order valence-electron chi connectivity index (χ1n) is 38.4. The van der Waals surface area contributed by atoms with Gasteiger partial charge in [0.25, 0.3) is 0 Å². The highest BCUT2D eigenvalue weighted by atomic mass is 31.2. The molecule has 0 aliphatic rings. The number of allylic oxidation sites excluding steroid dienone is 21. The molecule has 100 heavy (non-hydrogen) atoms. The second kappa shape index (κ2) is 72.5. The molecule has 0 spiro atoms. The third-order valence-electron chi connectivity index (χ3n) is 15.6. The number of carbonyl (C=O) groups is 4. The van der Waals surface area contributed by atoms with E-state index in [4.69, 9.17) is 37.0 Å². The standard InChI is InChI=1S/C81H136O17P2/c1-5-9-13-17-21-25-29-33-36-37-40-43-46-50-54-58-62-66-79(84)92-72-77(98-81(86)68-64-60-56-52-48-44-39-35-31-27-23-19-15-11-7-3)74-96-100(89,90)94-70-75(82)69-93-99(87,88)95-73-76(97-80(85)67-63-59-55-51-47-41-32-28-24-20-16-12-8-4)71-91-78(83)65-61-57-53-49-45-42-38-34-30-26-22-18-14-10-6-2/h9-10,13-14,16,20-22,25-26,28,32-36,38-39,45,49,57,61,75-77,82H,5-8,11-12,15,17-19,23-24,27,29-31,37,40-44,46-48,50-56,58-60,62-74H2,1-4H3,(H,87,88)(H,89,90)/b13-9-,14-10-,20-16-,25-21-,26-22-,32-28-,36-33-,38-34-,39-35-,49-45-,61-57-. The van der Waals surface area contributed by atoms with Gasteiger partial charge in [0.05, 0.1) is 32.8 Å². The Kier molecular flexibility index (Phi) is 69.1. The van der Waals surface area contributed by atoms with Crippen molar-refractivity contribution in [2.24, 2.45) is 0 Å². The van der Waals surface area contributed by atoms with Gasteiger partial charge in [0.2, 0.25) is 0 Å². The molecule has 17 nitrogen and oxygen atoms in total. The van der Waals surface area contributed by atoms with Gasteiger partial charge in [-0.2, -0.15) is 0 Å². The molecule has 5 unspecified atom stereocenters. The van der Waals surface area contributed by atoms with Gasteiger partial charge in [-0.3, -0.25) is 37.3 Å². The smallest absolute Gasteiger partial charge is 0.462 e. The van der Waals surface area contributed by atoms with Crippen LogP contribution in [0.3, 0.4) is 0 Å². The average molecular weight is 1440 g/mol. The van der Waals surface area contributed by atoms with Gasteiger partial charge in [-0.25, -0.2) is 9.13 Å². The van der Waals surface area contributed by atoms with Crippen molar-refractivity contribution in [3.8, 4) is 0 Å². The number of hydrogen-bond donors (Lipinski definition) is 3. The van der Waals surface area contributed by atoms with Crippen LogP contribution in [0.4, 0.5) is 0 Å². The normalized spacial score (nSPS) is 14.7. The molecule has 0 saturated carbocycles. The number of phosphoric acid groups is 2. The van der Waals surface area contributed by atoms with Crippen LogP contribution in [0.5, 0.6) is 0 Å². The van der Waals surface area contributed by atoms with Crippen LogP contribution >= 0.6 is 15.6 Å². The number of esters is 4. The quantitative estimate of drug-likeness (QED) is 0.0169. The summed E-state index contributed by atoms with van der Waals surface area (Å²) in [6.07, 6.45) is 80.4. The maximum Gasteiger partial charge on any atom is 0.472 e. The van der Waals surface area contributed by atoms with Crippen LogP contribution in [0, 0.1) is 0 Å². The number of unbranched alkanes of at least 4 members (excludes halogenated alkanes) is 24. The van der Waals surface area contributed by atoms with Gasteiger partial charge in [-0.15, -0.1) is 0 Å². The van der Waals surface area contributed by atoms with Crippen molar-refractivity contribution < 1.29 is 80.2 Å². The zero-order valence-electron chi connectivity index (χ0n) is 62.3. The molecule has 572 valence electrons. The topological polar surface area (TPSA) is 237 Å². The van der Waals surface area contributed by atoms with Gasteiger partial charge in [0.15, 0.2) is 12.2 Å². The zero-order valence-corrected chi connectivity index (χ0v) is 64.1. The van der Waals surface area contributed by atoms with Crippen LogP contribution in [-0.4, -0.2) is 96.7 Å². The molecule has 0 aliphatic heterocycles. The van der Waals surface area contributed by atoms with E-state index in [1.54, 1.807) is 6.08 Å². The lowest BCUT2D eigenvalue weighted by atomic mass is 10.1. The molecule has 0 aromatic rings. The Labute approximate surface area is 605 Å². The first-order chi connectivity index (χ1) is 48.7. The van der Waals surface area contributed by atoms with Crippen LogP contribution in [0.25, 0.3) is 0 Å². The molecular formula is C81H136O17P2. The van der Waals surface area contributed by atoms with Crippen molar-refractivity contribution >= 4 is 39.5 Å². The molecular weight excluding hydrogens is 1310 g/mol. The molecule has 0 amide bonds. The fourth-order valence-electron chi connectivity index (χ4n) is 9.81. The van der Waals surface area contributed by atoms with E-state index in [1.807, 2.05) is 18.2 Å². The van der Waals surface area contributed by atoms with E-state index in [0.29, 0.717) is 25.7 Å². The van der Waals surface area contributed by atoms with E-state index >= 15 is 0 Å². The maximum atomic E-state index is 13.1. The highest BCUT2D eigenvalue weighted by Crippen LogP contribution is 2.45. The summed E-state index contributed by atoms with van der Waals surface area (Å²) in [5.41, 5.74) is 0. The summed E-state index contributed by atoms with van der Waals surface area (Å²) in [5, 5.41) is 10.6. The van der Waals surface area contributed by atoms with Gasteiger partial charge < -0.3 is 33.8 Å². The van der Waals surface area contributed by atoms with Crippen LogP contribution in [0.15, 0.2) is 134 Å². The molecule has 5 atom stereocenters. The highest BCUT2D eigenvalue weighted by Gasteiger charge is 2.30. The van der Waals surface area contributed by atoms with E-state index in [0.717, 1.165) is 180 Å². The number of hydrogen-bond acceptors (Lipinski definition) is 15. The lowest BCUT2D eigenvalue weighted by Crippen LogP contribution is -2.30. The largest absolute Gasteiger partial charge is 0.472 e. The summed E-state index contributed by atoms with van der Waals surface area (Å²) in [6.45, 7) is 4.43. The lowest BCUT2D eigenvalue weighted by molar-refractivity contribution is -0.161.